The molecule has 0 aromatic carbocycles. The molecular formula is C13H27N3O2. The number of nitrogens with one attached hydrogen (secondary N) is 2. The number of hydrogen-bond acceptors (Lipinski definition) is 4. The minimum atomic E-state index is -0.233. The highest BCUT2D eigenvalue weighted by atomic mass is 16.5. The fourth-order valence-electron chi connectivity index (χ4n) is 2.18. The molecule has 0 aromatic rings. The number of carbonyl (C=O) groups excluding carboxylic acids is 1. The number of nitrogens with zero attached hydrogens (tertiary/aromatic N) is 1. The summed E-state index contributed by atoms with van der Waals surface area (Å²) in [5, 5.41) is 6.33. The van der Waals surface area contributed by atoms with Gasteiger partial charge in [0, 0.05) is 33.3 Å². The molecule has 1 aliphatic heterocycles. The number of ether oxygens (including phenoxy) is 1. The molecule has 2 N–H and O–H groups in total. The summed E-state index contributed by atoms with van der Waals surface area (Å²) in [7, 11) is 3.74. The standard InChI is InChI=1S/C13H27N3O2/c1-13(5-4-6-14-11-13)12(17)15-7-8-16(2)9-10-18-3/h14H,4-11H2,1-3H3,(H,15,17). The van der Waals surface area contributed by atoms with E-state index < -0.39 is 0 Å². The number of amides is 1. The number of methoxy groups -OCH3 is 1. The average molecular weight is 257 g/mol. The fraction of sp³-hybridized carbons (Fsp3) is 0.923. The van der Waals surface area contributed by atoms with Gasteiger partial charge in [-0.15, -0.1) is 0 Å². The van der Waals surface area contributed by atoms with Crippen LogP contribution < -0.4 is 10.6 Å². The van der Waals surface area contributed by atoms with Crippen molar-refractivity contribution in [3.05, 3.63) is 0 Å². The summed E-state index contributed by atoms with van der Waals surface area (Å²) in [4.78, 5) is 14.3. The quantitative estimate of drug-likeness (QED) is 0.678. The van der Waals surface area contributed by atoms with Gasteiger partial charge in [-0.2, -0.15) is 0 Å². The Kier molecular flexibility index (Phi) is 6.60. The van der Waals surface area contributed by atoms with E-state index in [2.05, 4.69) is 15.5 Å². The Hall–Kier alpha value is -0.650. The Morgan fingerprint density at radius 2 is 2.28 bits per heavy atom. The van der Waals surface area contributed by atoms with E-state index in [9.17, 15) is 4.79 Å². The van der Waals surface area contributed by atoms with E-state index in [4.69, 9.17) is 4.74 Å². The van der Waals surface area contributed by atoms with E-state index in [1.165, 1.54) is 0 Å². The molecule has 1 heterocycles. The van der Waals surface area contributed by atoms with Crippen LogP contribution in [0.15, 0.2) is 0 Å². The van der Waals surface area contributed by atoms with Crippen LogP contribution in [0, 0.1) is 5.41 Å². The van der Waals surface area contributed by atoms with Gasteiger partial charge in [0.25, 0.3) is 0 Å². The lowest BCUT2D eigenvalue weighted by atomic mass is 9.82. The highest BCUT2D eigenvalue weighted by Crippen LogP contribution is 2.25. The van der Waals surface area contributed by atoms with Crippen LogP contribution in [-0.4, -0.2) is 64.3 Å². The molecule has 1 fully saturated rings. The maximum absolute atomic E-state index is 12.1. The summed E-state index contributed by atoms with van der Waals surface area (Å²) >= 11 is 0. The third-order valence-electron chi connectivity index (χ3n) is 3.60. The molecule has 1 amide bonds. The van der Waals surface area contributed by atoms with Crippen LogP contribution in [0.2, 0.25) is 0 Å². The van der Waals surface area contributed by atoms with E-state index in [0.29, 0.717) is 6.54 Å². The molecule has 1 atom stereocenters. The average Bonchev–Trinajstić information content (AvgIpc) is 2.37. The zero-order valence-electron chi connectivity index (χ0n) is 11.9. The number of carbonyl (C=O) groups is 1. The zero-order chi connectivity index (χ0) is 13.4. The SMILES string of the molecule is COCCN(C)CCNC(=O)C1(C)CCCNC1. The van der Waals surface area contributed by atoms with Crippen molar-refractivity contribution in [3.8, 4) is 0 Å². The molecule has 1 saturated heterocycles. The van der Waals surface area contributed by atoms with Crippen LogP contribution in [0.3, 0.4) is 0 Å². The first kappa shape index (κ1) is 15.4. The van der Waals surface area contributed by atoms with Gasteiger partial charge >= 0.3 is 0 Å². The zero-order valence-corrected chi connectivity index (χ0v) is 11.9. The van der Waals surface area contributed by atoms with Gasteiger partial charge in [-0.3, -0.25) is 4.79 Å². The van der Waals surface area contributed by atoms with Gasteiger partial charge in [-0.25, -0.2) is 0 Å². The van der Waals surface area contributed by atoms with Crippen LogP contribution in [0.5, 0.6) is 0 Å². The van der Waals surface area contributed by atoms with E-state index in [0.717, 1.165) is 45.6 Å². The van der Waals surface area contributed by atoms with Gasteiger partial charge in [-0.1, -0.05) is 0 Å². The topological polar surface area (TPSA) is 53.6 Å². The normalized spacial score (nSPS) is 24.2. The molecule has 18 heavy (non-hydrogen) atoms. The van der Waals surface area contributed by atoms with Crippen molar-refractivity contribution in [2.75, 3.05) is 53.5 Å². The largest absolute Gasteiger partial charge is 0.383 e. The van der Waals surface area contributed by atoms with E-state index in [-0.39, 0.29) is 11.3 Å². The Balaban J connectivity index is 2.20. The first-order valence-corrected chi connectivity index (χ1v) is 6.75. The van der Waals surface area contributed by atoms with Crippen molar-refractivity contribution >= 4 is 5.91 Å². The van der Waals surface area contributed by atoms with Gasteiger partial charge in [0.2, 0.25) is 5.91 Å². The van der Waals surface area contributed by atoms with Crippen molar-refractivity contribution in [2.45, 2.75) is 19.8 Å². The molecule has 5 nitrogen and oxygen atoms in total. The van der Waals surface area contributed by atoms with Crippen LogP contribution in [-0.2, 0) is 9.53 Å². The molecule has 1 unspecified atom stereocenters. The van der Waals surface area contributed by atoms with Crippen LogP contribution in [0.4, 0.5) is 0 Å². The summed E-state index contributed by atoms with van der Waals surface area (Å²) in [6.07, 6.45) is 2.06. The monoisotopic (exact) mass is 257 g/mol. The molecule has 0 spiro atoms. The van der Waals surface area contributed by atoms with Gasteiger partial charge < -0.3 is 20.3 Å². The lowest BCUT2D eigenvalue weighted by Gasteiger charge is -2.32. The fourth-order valence-corrected chi connectivity index (χ4v) is 2.18. The molecule has 0 saturated carbocycles. The molecule has 5 heteroatoms. The lowest BCUT2D eigenvalue weighted by Crippen LogP contribution is -2.49. The molecule has 0 aromatic heterocycles. The van der Waals surface area contributed by atoms with Gasteiger partial charge in [0.05, 0.1) is 12.0 Å². The second-order valence-corrected chi connectivity index (χ2v) is 5.39. The third-order valence-corrected chi connectivity index (χ3v) is 3.60. The molecule has 0 bridgehead atoms. The second-order valence-electron chi connectivity index (χ2n) is 5.39. The summed E-state index contributed by atoms with van der Waals surface area (Å²) in [5.41, 5.74) is -0.233. The Bertz CT molecular complexity index is 253. The van der Waals surface area contributed by atoms with Crippen molar-refractivity contribution in [1.82, 2.24) is 15.5 Å². The number of likely N-dealkylation sites (N-methyl/N-ethyl adjacent to an activating group) is 1. The minimum Gasteiger partial charge on any atom is -0.383 e. The molecule has 0 radical (unpaired) electrons. The predicted molar refractivity (Wildman–Crippen MR) is 72.6 cm³/mol. The highest BCUT2D eigenvalue weighted by Gasteiger charge is 2.34. The first-order valence-electron chi connectivity index (χ1n) is 6.75. The maximum Gasteiger partial charge on any atom is 0.227 e. The summed E-state index contributed by atoms with van der Waals surface area (Å²) in [6.45, 7) is 7.05. The number of rotatable bonds is 7. The summed E-state index contributed by atoms with van der Waals surface area (Å²) in [5.74, 6) is 0.176. The van der Waals surface area contributed by atoms with Gasteiger partial charge in [-0.05, 0) is 33.4 Å². The molecule has 106 valence electrons. The van der Waals surface area contributed by atoms with Crippen molar-refractivity contribution in [1.29, 1.82) is 0 Å². The Labute approximate surface area is 110 Å². The molecule has 1 aliphatic rings. The summed E-state index contributed by atoms with van der Waals surface area (Å²) in [6, 6.07) is 0. The van der Waals surface area contributed by atoms with E-state index in [1.807, 2.05) is 14.0 Å². The number of hydrogen-bond donors (Lipinski definition) is 2. The van der Waals surface area contributed by atoms with Crippen molar-refractivity contribution < 1.29 is 9.53 Å². The highest BCUT2D eigenvalue weighted by molar-refractivity contribution is 5.82. The van der Waals surface area contributed by atoms with Gasteiger partial charge in [0.1, 0.15) is 0 Å². The number of piperidine rings is 1. The van der Waals surface area contributed by atoms with E-state index in [1.54, 1.807) is 7.11 Å². The van der Waals surface area contributed by atoms with E-state index >= 15 is 0 Å². The maximum atomic E-state index is 12.1. The Morgan fingerprint density at radius 3 is 2.89 bits per heavy atom. The summed E-state index contributed by atoms with van der Waals surface area (Å²) < 4.78 is 5.01. The lowest BCUT2D eigenvalue weighted by molar-refractivity contribution is -0.131. The van der Waals surface area contributed by atoms with Gasteiger partial charge in [0.15, 0.2) is 0 Å². The first-order chi connectivity index (χ1) is 8.58. The minimum absolute atomic E-state index is 0.176. The molecule has 1 rings (SSSR count). The molecule has 0 aliphatic carbocycles. The van der Waals surface area contributed by atoms with Crippen molar-refractivity contribution in [3.63, 3.8) is 0 Å². The molecular weight excluding hydrogens is 230 g/mol. The van der Waals surface area contributed by atoms with Crippen LogP contribution in [0.1, 0.15) is 19.8 Å². The van der Waals surface area contributed by atoms with Crippen molar-refractivity contribution in [2.24, 2.45) is 5.41 Å². The third kappa shape index (κ3) is 4.92. The smallest absolute Gasteiger partial charge is 0.227 e. The Morgan fingerprint density at radius 1 is 1.50 bits per heavy atom. The second kappa shape index (κ2) is 7.71. The van der Waals surface area contributed by atoms with Crippen LogP contribution >= 0.6 is 0 Å². The van der Waals surface area contributed by atoms with Crippen LogP contribution in [0.25, 0.3) is 0 Å². The predicted octanol–water partition coefficient (Wildman–Crippen LogP) is 0.0705.